The molecule has 1 amide bonds. The van der Waals surface area contributed by atoms with Gasteiger partial charge < -0.3 is 5.32 Å². The van der Waals surface area contributed by atoms with E-state index in [0.29, 0.717) is 0 Å². The fraction of sp³-hybridized carbons (Fsp3) is 0.533. The number of nitrogens with one attached hydrogen (secondary N) is 1. The van der Waals surface area contributed by atoms with Gasteiger partial charge in [-0.2, -0.15) is 0 Å². The summed E-state index contributed by atoms with van der Waals surface area (Å²) in [5, 5.41) is 2.98. The molecule has 0 aromatic heterocycles. The highest BCUT2D eigenvalue weighted by molar-refractivity contribution is 5.73. The Labute approximate surface area is 105 Å². The largest absolute Gasteiger partial charge is 0.352 e. The van der Waals surface area contributed by atoms with Crippen LogP contribution < -0.4 is 5.32 Å². The highest BCUT2D eigenvalue weighted by Gasteiger charge is 2.39. The summed E-state index contributed by atoms with van der Waals surface area (Å²) >= 11 is 0. The average molecular weight is 235 g/mol. The molecule has 2 nitrogen and oxygen atoms in total. The van der Waals surface area contributed by atoms with Crippen molar-refractivity contribution in [1.29, 1.82) is 0 Å². The van der Waals surface area contributed by atoms with Crippen molar-refractivity contribution in [1.82, 2.24) is 5.32 Å². The van der Waals surface area contributed by atoms with E-state index in [1.165, 1.54) is 11.1 Å². The first-order valence-electron chi connectivity index (χ1n) is 6.19. The topological polar surface area (TPSA) is 29.1 Å². The van der Waals surface area contributed by atoms with Crippen molar-refractivity contribution in [3.63, 3.8) is 0 Å². The number of allylic oxidation sites excluding steroid dienone is 2. The van der Waals surface area contributed by atoms with Crippen molar-refractivity contribution >= 4 is 5.91 Å². The number of rotatable bonds is 3. The SMILES string of the molecule is C=CC1=C(C=C)C(C)(C)C(NC(C)=O)C1.CC. The summed E-state index contributed by atoms with van der Waals surface area (Å²) in [4.78, 5) is 11.1. The third-order valence-electron chi connectivity index (χ3n) is 3.16. The Morgan fingerprint density at radius 2 is 1.88 bits per heavy atom. The highest BCUT2D eigenvalue weighted by Crippen LogP contribution is 2.43. The molecule has 0 heterocycles. The minimum Gasteiger partial charge on any atom is -0.352 e. The van der Waals surface area contributed by atoms with Crippen molar-refractivity contribution < 1.29 is 4.79 Å². The second kappa shape index (κ2) is 6.43. The Morgan fingerprint density at radius 3 is 2.18 bits per heavy atom. The lowest BCUT2D eigenvalue weighted by Crippen LogP contribution is -2.41. The highest BCUT2D eigenvalue weighted by atomic mass is 16.1. The minimum atomic E-state index is -0.0586. The molecule has 0 spiro atoms. The third kappa shape index (κ3) is 3.32. The van der Waals surface area contributed by atoms with Gasteiger partial charge in [0.05, 0.1) is 0 Å². The Morgan fingerprint density at radius 1 is 1.35 bits per heavy atom. The maximum absolute atomic E-state index is 11.1. The molecule has 0 aromatic rings. The smallest absolute Gasteiger partial charge is 0.217 e. The quantitative estimate of drug-likeness (QED) is 0.795. The first-order valence-corrected chi connectivity index (χ1v) is 6.19. The van der Waals surface area contributed by atoms with Crippen molar-refractivity contribution in [3.05, 3.63) is 36.5 Å². The van der Waals surface area contributed by atoms with E-state index in [4.69, 9.17) is 0 Å². The van der Waals surface area contributed by atoms with Crippen molar-refractivity contribution in [2.24, 2.45) is 5.41 Å². The molecule has 0 aromatic carbocycles. The Bertz CT molecular complexity index is 337. The zero-order valence-corrected chi connectivity index (χ0v) is 11.8. The first kappa shape index (κ1) is 15.7. The maximum atomic E-state index is 11.1. The number of amides is 1. The van der Waals surface area contributed by atoms with Crippen LogP contribution in [0.5, 0.6) is 0 Å². The molecule has 0 saturated carbocycles. The van der Waals surface area contributed by atoms with Gasteiger partial charge in [0.15, 0.2) is 0 Å². The first-order chi connectivity index (χ1) is 7.93. The van der Waals surface area contributed by atoms with E-state index < -0.39 is 0 Å². The molecule has 1 rings (SSSR count). The van der Waals surface area contributed by atoms with Crippen molar-refractivity contribution in [2.45, 2.75) is 47.1 Å². The van der Waals surface area contributed by atoms with E-state index in [0.717, 1.165) is 6.42 Å². The molecule has 96 valence electrons. The normalized spacial score (nSPS) is 21.4. The lowest BCUT2D eigenvalue weighted by molar-refractivity contribution is -0.120. The lowest BCUT2D eigenvalue weighted by atomic mass is 9.81. The minimum absolute atomic E-state index is 0.0156. The number of carbonyl (C=O) groups excluding carboxylic acids is 1. The molecule has 1 aliphatic rings. The summed E-state index contributed by atoms with van der Waals surface area (Å²) in [6.45, 7) is 17.4. The predicted molar refractivity (Wildman–Crippen MR) is 74.8 cm³/mol. The van der Waals surface area contributed by atoms with Crippen LogP contribution in [0.15, 0.2) is 36.5 Å². The van der Waals surface area contributed by atoms with Gasteiger partial charge in [-0.15, -0.1) is 0 Å². The Balaban J connectivity index is 0.00000121. The molecule has 1 unspecified atom stereocenters. The monoisotopic (exact) mass is 235 g/mol. The van der Waals surface area contributed by atoms with Crippen LogP contribution in [0.25, 0.3) is 0 Å². The van der Waals surface area contributed by atoms with Crippen LogP contribution in [0, 0.1) is 5.41 Å². The molecule has 0 saturated heterocycles. The molecule has 0 radical (unpaired) electrons. The number of hydrogen-bond donors (Lipinski definition) is 1. The van der Waals surface area contributed by atoms with Gasteiger partial charge in [0, 0.05) is 18.4 Å². The van der Waals surface area contributed by atoms with Crippen LogP contribution in [0.2, 0.25) is 0 Å². The van der Waals surface area contributed by atoms with Gasteiger partial charge in [0.2, 0.25) is 5.91 Å². The molecule has 2 heteroatoms. The molecule has 17 heavy (non-hydrogen) atoms. The summed E-state index contributed by atoms with van der Waals surface area (Å²) in [6.07, 6.45) is 4.58. The van der Waals surface area contributed by atoms with E-state index in [2.05, 4.69) is 32.3 Å². The summed E-state index contributed by atoms with van der Waals surface area (Å²) in [5.74, 6) is 0.0156. The second-order valence-electron chi connectivity index (χ2n) is 4.53. The number of hydrogen-bond acceptors (Lipinski definition) is 1. The molecule has 1 N–H and O–H groups in total. The molecule has 1 atom stereocenters. The summed E-state index contributed by atoms with van der Waals surface area (Å²) in [5.41, 5.74) is 2.32. The van der Waals surface area contributed by atoms with E-state index >= 15 is 0 Å². The maximum Gasteiger partial charge on any atom is 0.217 e. The average Bonchev–Trinajstić information content (AvgIpc) is 2.52. The fourth-order valence-corrected chi connectivity index (χ4v) is 2.25. The van der Waals surface area contributed by atoms with E-state index in [1.807, 2.05) is 26.0 Å². The van der Waals surface area contributed by atoms with Crippen LogP contribution in [0.1, 0.15) is 41.0 Å². The van der Waals surface area contributed by atoms with Crippen LogP contribution in [0.4, 0.5) is 0 Å². The molecule has 0 aliphatic heterocycles. The number of carbonyl (C=O) groups is 1. The fourth-order valence-electron chi connectivity index (χ4n) is 2.25. The molecular formula is C15H25NO. The van der Waals surface area contributed by atoms with Crippen molar-refractivity contribution in [2.75, 3.05) is 0 Å². The van der Waals surface area contributed by atoms with Crippen LogP contribution >= 0.6 is 0 Å². The molecular weight excluding hydrogens is 210 g/mol. The molecule has 0 bridgehead atoms. The van der Waals surface area contributed by atoms with Gasteiger partial charge in [-0.05, 0) is 17.6 Å². The van der Waals surface area contributed by atoms with E-state index in [1.54, 1.807) is 6.92 Å². The Kier molecular flexibility index (Phi) is 5.94. The van der Waals surface area contributed by atoms with Crippen molar-refractivity contribution in [3.8, 4) is 0 Å². The van der Waals surface area contributed by atoms with Gasteiger partial charge in [0.1, 0.15) is 0 Å². The van der Waals surface area contributed by atoms with Gasteiger partial charge in [0.25, 0.3) is 0 Å². The second-order valence-corrected chi connectivity index (χ2v) is 4.53. The zero-order chi connectivity index (χ0) is 13.6. The standard InChI is InChI=1S/C13H19NO.C2H6/c1-6-10-8-12(14-9(3)15)13(4,5)11(10)7-2;1-2/h6-7,12H,1-2,8H2,3-5H3,(H,14,15);1-2H3. The van der Waals surface area contributed by atoms with Gasteiger partial charge >= 0.3 is 0 Å². The third-order valence-corrected chi connectivity index (χ3v) is 3.16. The predicted octanol–water partition coefficient (Wildman–Crippen LogP) is 3.62. The zero-order valence-electron chi connectivity index (χ0n) is 11.8. The van der Waals surface area contributed by atoms with Crippen LogP contribution in [0.3, 0.4) is 0 Å². The molecule has 1 aliphatic carbocycles. The van der Waals surface area contributed by atoms with E-state index in [-0.39, 0.29) is 17.4 Å². The van der Waals surface area contributed by atoms with Crippen LogP contribution in [-0.4, -0.2) is 11.9 Å². The lowest BCUT2D eigenvalue weighted by Gasteiger charge is -2.29. The summed E-state index contributed by atoms with van der Waals surface area (Å²) < 4.78 is 0. The van der Waals surface area contributed by atoms with Gasteiger partial charge in [-0.1, -0.05) is 53.0 Å². The van der Waals surface area contributed by atoms with Gasteiger partial charge in [-0.25, -0.2) is 0 Å². The summed E-state index contributed by atoms with van der Waals surface area (Å²) in [6, 6.07) is 0.149. The summed E-state index contributed by atoms with van der Waals surface area (Å²) in [7, 11) is 0. The Hall–Kier alpha value is -1.31. The van der Waals surface area contributed by atoms with E-state index in [9.17, 15) is 4.79 Å². The van der Waals surface area contributed by atoms with Gasteiger partial charge in [-0.3, -0.25) is 4.79 Å². The molecule has 0 fully saturated rings. The van der Waals surface area contributed by atoms with Crippen LogP contribution in [-0.2, 0) is 4.79 Å².